The van der Waals surface area contributed by atoms with Crippen molar-refractivity contribution >= 4 is 37.3 Å². The van der Waals surface area contributed by atoms with E-state index in [0.29, 0.717) is 12.1 Å². The monoisotopic (exact) mass is 330 g/mol. The van der Waals surface area contributed by atoms with Crippen molar-refractivity contribution in [2.75, 3.05) is 9.38 Å². The predicted molar refractivity (Wildman–Crippen MR) is 59.3 cm³/mol. The summed E-state index contributed by atoms with van der Waals surface area (Å²) >= 11 is 2.61. The Hall–Kier alpha value is -1.29. The molecule has 0 spiro atoms. The summed E-state index contributed by atoms with van der Waals surface area (Å²) < 4.78 is 49.4. The van der Waals surface area contributed by atoms with E-state index in [0.717, 1.165) is 0 Å². The maximum atomic E-state index is 13.3. The Balaban J connectivity index is 3.37. The van der Waals surface area contributed by atoms with Crippen LogP contribution in [0.2, 0.25) is 0 Å². The van der Waals surface area contributed by atoms with E-state index >= 15 is 0 Å². The molecule has 6 nitrogen and oxygen atoms in total. The molecule has 0 saturated carbocycles. The third-order valence-electron chi connectivity index (χ3n) is 1.63. The third kappa shape index (κ3) is 3.33. The fraction of sp³-hybridized carbons (Fsp3) is 0.143. The van der Waals surface area contributed by atoms with Gasteiger partial charge in [-0.3, -0.25) is 14.8 Å². The van der Waals surface area contributed by atoms with Crippen LogP contribution in [0.1, 0.15) is 0 Å². The average molecular weight is 331 g/mol. The number of anilines is 1. The molecule has 94 valence electrons. The summed E-state index contributed by atoms with van der Waals surface area (Å²) in [5.74, 6) is -2.53. The summed E-state index contributed by atoms with van der Waals surface area (Å²) in [6, 6.07) is 0.772. The highest BCUT2D eigenvalue weighted by atomic mass is 79.9. The highest BCUT2D eigenvalue weighted by molar-refractivity contribution is 9.10. The molecule has 0 heterocycles. The van der Waals surface area contributed by atoms with Gasteiger partial charge in [-0.2, -0.15) is 0 Å². The van der Waals surface area contributed by atoms with Gasteiger partial charge in [0.05, 0.1) is 11.0 Å². The minimum Gasteiger partial charge on any atom is -0.274 e. The Bertz CT molecular complexity index is 563. The van der Waals surface area contributed by atoms with E-state index in [1.165, 1.54) is 0 Å². The van der Waals surface area contributed by atoms with Crippen LogP contribution in [0.25, 0.3) is 0 Å². The predicted octanol–water partition coefficient (Wildman–Crippen LogP) is 1.97. The van der Waals surface area contributed by atoms with Crippen LogP contribution in [-0.4, -0.2) is 18.0 Å². The number of halogens is 3. The second kappa shape index (κ2) is 4.92. The number of nitro groups is 1. The van der Waals surface area contributed by atoms with E-state index in [9.17, 15) is 27.3 Å². The Kier molecular flexibility index (Phi) is 3.98. The van der Waals surface area contributed by atoms with Gasteiger partial charge in [0.25, 0.3) is 5.69 Å². The van der Waals surface area contributed by atoms with Gasteiger partial charge in [-0.1, -0.05) is 15.9 Å². The van der Waals surface area contributed by atoms with Crippen molar-refractivity contribution in [3.05, 3.63) is 33.9 Å². The van der Waals surface area contributed by atoms with Crippen molar-refractivity contribution in [2.24, 2.45) is 0 Å². The van der Waals surface area contributed by atoms with Gasteiger partial charge in [0.1, 0.15) is 10.5 Å². The first kappa shape index (κ1) is 13.8. The van der Waals surface area contributed by atoms with E-state index < -0.39 is 42.6 Å². The largest absolute Gasteiger partial charge is 0.299 e. The van der Waals surface area contributed by atoms with Crippen molar-refractivity contribution < 1.29 is 22.1 Å². The van der Waals surface area contributed by atoms with Gasteiger partial charge in [-0.15, -0.1) is 0 Å². The van der Waals surface area contributed by atoms with Gasteiger partial charge >= 0.3 is 0 Å². The molecule has 0 fully saturated rings. The van der Waals surface area contributed by atoms with E-state index in [4.69, 9.17) is 0 Å². The number of alkyl halides is 1. The van der Waals surface area contributed by atoms with Gasteiger partial charge in [-0.25, -0.2) is 17.2 Å². The van der Waals surface area contributed by atoms with Crippen molar-refractivity contribution in [1.82, 2.24) is 0 Å². The second-order valence-corrected chi connectivity index (χ2v) is 5.89. The first-order chi connectivity index (χ1) is 7.76. The van der Waals surface area contributed by atoms with Gasteiger partial charge in [-0.05, 0) is 0 Å². The lowest BCUT2D eigenvalue weighted by Gasteiger charge is -2.07. The number of nitrogens with one attached hydrogen (secondary N) is 1. The standard InChI is InChI=1S/C7H5BrF2N2O4S/c8-3-17(15,16)11-7-5(10)1-4(9)2-6(7)12(13)14/h1-2,11H,3H2. The second-order valence-electron chi connectivity index (χ2n) is 2.86. The Morgan fingerprint density at radius 3 is 2.47 bits per heavy atom. The Morgan fingerprint density at radius 2 is 2.00 bits per heavy atom. The first-order valence-electron chi connectivity index (χ1n) is 3.96. The highest BCUT2D eigenvalue weighted by Crippen LogP contribution is 2.29. The maximum absolute atomic E-state index is 13.3. The number of rotatable bonds is 4. The summed E-state index contributed by atoms with van der Waals surface area (Å²) in [6.45, 7) is 0. The summed E-state index contributed by atoms with van der Waals surface area (Å²) in [7, 11) is -3.96. The fourth-order valence-electron chi connectivity index (χ4n) is 0.988. The van der Waals surface area contributed by atoms with Crippen molar-refractivity contribution in [2.45, 2.75) is 0 Å². The van der Waals surface area contributed by atoms with Crippen LogP contribution in [0.15, 0.2) is 12.1 Å². The quantitative estimate of drug-likeness (QED) is 0.519. The number of nitro benzene ring substituents is 1. The maximum Gasteiger partial charge on any atom is 0.299 e. The van der Waals surface area contributed by atoms with Gasteiger partial charge in [0.2, 0.25) is 10.0 Å². The molecule has 10 heteroatoms. The van der Waals surface area contributed by atoms with E-state index in [1.54, 1.807) is 4.72 Å². The normalized spacial score (nSPS) is 11.2. The summed E-state index contributed by atoms with van der Waals surface area (Å²) in [4.78, 5) is 9.44. The molecule has 1 aromatic carbocycles. The highest BCUT2D eigenvalue weighted by Gasteiger charge is 2.24. The SMILES string of the molecule is O=[N+]([O-])c1cc(F)cc(F)c1NS(=O)(=O)CBr. The van der Waals surface area contributed by atoms with Gasteiger partial charge in [0.15, 0.2) is 11.5 Å². The zero-order chi connectivity index (χ0) is 13.2. The van der Waals surface area contributed by atoms with Crippen LogP contribution in [0.3, 0.4) is 0 Å². The number of hydrogen-bond donors (Lipinski definition) is 1. The van der Waals surface area contributed by atoms with Crippen LogP contribution >= 0.6 is 15.9 Å². The molecule has 0 atom stereocenters. The fourth-order valence-corrected chi connectivity index (χ4v) is 1.90. The topological polar surface area (TPSA) is 89.3 Å². The Labute approximate surface area is 103 Å². The van der Waals surface area contributed by atoms with Gasteiger partial charge < -0.3 is 0 Å². The molecule has 1 aromatic rings. The minimum atomic E-state index is -3.96. The summed E-state index contributed by atoms with van der Waals surface area (Å²) in [5.41, 5.74) is -1.89. The zero-order valence-corrected chi connectivity index (χ0v) is 10.4. The molecule has 1 N–H and O–H groups in total. The molecule has 17 heavy (non-hydrogen) atoms. The molecule has 0 aromatic heterocycles. The van der Waals surface area contributed by atoms with E-state index in [1.807, 2.05) is 0 Å². The van der Waals surface area contributed by atoms with Crippen LogP contribution in [0, 0.1) is 21.7 Å². The van der Waals surface area contributed by atoms with Crippen LogP contribution in [0.5, 0.6) is 0 Å². The van der Waals surface area contributed by atoms with E-state index in [-0.39, 0.29) is 0 Å². The van der Waals surface area contributed by atoms with Crippen LogP contribution in [-0.2, 0) is 10.0 Å². The lowest BCUT2D eigenvalue weighted by atomic mass is 10.2. The number of sulfonamides is 1. The molecule has 0 aliphatic carbocycles. The number of nitrogens with zero attached hydrogens (tertiary/aromatic N) is 1. The molecule has 0 bridgehead atoms. The molecule has 0 radical (unpaired) electrons. The lowest BCUT2D eigenvalue weighted by molar-refractivity contribution is -0.384. The first-order valence-corrected chi connectivity index (χ1v) is 6.74. The number of benzene rings is 1. The summed E-state index contributed by atoms with van der Waals surface area (Å²) in [6.07, 6.45) is 0. The summed E-state index contributed by atoms with van der Waals surface area (Å²) in [5, 5.41) is 10.5. The number of hydrogen-bond acceptors (Lipinski definition) is 4. The van der Waals surface area contributed by atoms with Crippen molar-refractivity contribution in [1.29, 1.82) is 0 Å². The molecule has 1 rings (SSSR count). The smallest absolute Gasteiger partial charge is 0.274 e. The lowest BCUT2D eigenvalue weighted by Crippen LogP contribution is -2.15. The zero-order valence-electron chi connectivity index (χ0n) is 7.98. The average Bonchev–Trinajstić information content (AvgIpc) is 2.21. The van der Waals surface area contributed by atoms with Crippen LogP contribution < -0.4 is 4.72 Å². The molecule has 0 saturated heterocycles. The van der Waals surface area contributed by atoms with Crippen molar-refractivity contribution in [3.8, 4) is 0 Å². The molecule has 0 unspecified atom stereocenters. The van der Waals surface area contributed by atoms with Gasteiger partial charge in [0, 0.05) is 6.07 Å². The minimum absolute atomic E-state index is 0.346. The molecule has 0 aliphatic rings. The van der Waals surface area contributed by atoms with Crippen LogP contribution in [0.4, 0.5) is 20.2 Å². The molecular weight excluding hydrogens is 326 g/mol. The van der Waals surface area contributed by atoms with Crippen molar-refractivity contribution in [3.63, 3.8) is 0 Å². The molecular formula is C7H5BrF2N2O4S. The van der Waals surface area contributed by atoms with E-state index in [2.05, 4.69) is 15.9 Å². The third-order valence-corrected chi connectivity index (χ3v) is 4.24. The Morgan fingerprint density at radius 1 is 1.41 bits per heavy atom. The molecule has 0 amide bonds. The molecule has 0 aliphatic heterocycles.